The number of benzene rings is 1. The van der Waals surface area contributed by atoms with Crippen molar-refractivity contribution >= 4 is 38.5 Å². The number of aromatic nitrogens is 2. The maximum Gasteiger partial charge on any atom is 0.308 e. The number of ether oxygens (including phenoxy) is 2. The summed E-state index contributed by atoms with van der Waals surface area (Å²) in [7, 11) is -0.233. The van der Waals surface area contributed by atoms with Gasteiger partial charge >= 0.3 is 5.97 Å². The fraction of sp³-hybridized carbons (Fsp3) is 0.581. The lowest BCUT2D eigenvalue weighted by Gasteiger charge is -2.14. The Morgan fingerprint density at radius 1 is 0.952 bits per heavy atom. The van der Waals surface area contributed by atoms with Gasteiger partial charge in [0.2, 0.25) is 5.88 Å². The molecule has 0 spiro atoms. The molecular formula is C31H52N4O5S2. The molecular weight excluding hydrogens is 572 g/mol. The highest BCUT2D eigenvalue weighted by molar-refractivity contribution is 7.87. The number of rotatable bonds is 8. The Morgan fingerprint density at radius 3 is 1.95 bits per heavy atom. The van der Waals surface area contributed by atoms with Crippen LogP contribution in [0.5, 0.6) is 5.88 Å². The summed E-state index contributed by atoms with van der Waals surface area (Å²) in [6.45, 7) is 11.3. The highest BCUT2D eigenvalue weighted by Gasteiger charge is 2.20. The molecule has 1 fully saturated rings. The van der Waals surface area contributed by atoms with Gasteiger partial charge in [-0.1, -0.05) is 46.9 Å². The lowest BCUT2D eigenvalue weighted by atomic mass is 10.2. The predicted molar refractivity (Wildman–Crippen MR) is 176 cm³/mol. The van der Waals surface area contributed by atoms with Crippen LogP contribution in [-0.2, 0) is 19.7 Å². The van der Waals surface area contributed by atoms with Crippen LogP contribution in [0.4, 0.5) is 0 Å². The molecule has 0 radical (unpaired) electrons. The van der Waals surface area contributed by atoms with E-state index in [4.69, 9.17) is 14.5 Å². The first-order valence-electron chi connectivity index (χ1n) is 13.7. The number of thiophene rings is 1. The van der Waals surface area contributed by atoms with Crippen molar-refractivity contribution in [2.24, 2.45) is 5.92 Å². The first-order chi connectivity index (χ1) is 18.8. The van der Waals surface area contributed by atoms with Crippen LogP contribution >= 0.6 is 11.3 Å². The highest BCUT2D eigenvalue weighted by atomic mass is 32.2. The van der Waals surface area contributed by atoms with Gasteiger partial charge in [0.05, 0.1) is 27.9 Å². The Kier molecular flexibility index (Phi) is 17.7. The summed E-state index contributed by atoms with van der Waals surface area (Å²) in [6.07, 6.45) is 4.88. The molecule has 0 unspecified atom stereocenters. The predicted octanol–water partition coefficient (Wildman–Crippen LogP) is 7.34. The van der Waals surface area contributed by atoms with E-state index in [0.717, 1.165) is 38.8 Å². The molecule has 1 N–H and O–H groups in total. The molecule has 42 heavy (non-hydrogen) atoms. The zero-order chi connectivity index (χ0) is 29.9. The second kappa shape index (κ2) is 18.8. The number of para-hydroxylation sites is 2. The molecule has 0 aliphatic heterocycles. The van der Waals surface area contributed by atoms with Crippen LogP contribution in [0.15, 0.2) is 41.8 Å². The van der Waals surface area contributed by atoms with Gasteiger partial charge < -0.3 is 9.47 Å². The number of carbonyl (C=O) groups is 1. The van der Waals surface area contributed by atoms with Crippen LogP contribution < -0.4 is 9.46 Å². The first kappa shape index (κ1) is 39.4. The average molecular weight is 625 g/mol. The molecule has 4 rings (SSSR count). The van der Waals surface area contributed by atoms with Crippen LogP contribution in [0.25, 0.3) is 21.6 Å². The summed E-state index contributed by atoms with van der Waals surface area (Å²) in [5.74, 6) is 0.587. The maximum atomic E-state index is 11.1. The SMILES string of the molecule is C.C.CC(C)C(=O)OC1CCCC1.CC(C)NS(=O)(=O)N(C)C.CC(C)Oc1nc2ccccc2nc1-c1cccs1. The van der Waals surface area contributed by atoms with E-state index in [-0.39, 0.29) is 45.0 Å². The Labute approximate surface area is 258 Å². The number of fused-ring (bicyclic) bond motifs is 1. The normalized spacial score (nSPS) is 13.1. The van der Waals surface area contributed by atoms with Crippen molar-refractivity contribution in [3.63, 3.8) is 0 Å². The molecule has 1 aliphatic carbocycles. The van der Waals surface area contributed by atoms with Gasteiger partial charge in [0.15, 0.2) is 0 Å². The van der Waals surface area contributed by atoms with E-state index in [0.29, 0.717) is 5.88 Å². The molecule has 1 aromatic carbocycles. The van der Waals surface area contributed by atoms with E-state index >= 15 is 0 Å². The van der Waals surface area contributed by atoms with Gasteiger partial charge in [0.1, 0.15) is 11.8 Å². The minimum absolute atomic E-state index is 0. The second-order valence-electron chi connectivity index (χ2n) is 10.6. The van der Waals surface area contributed by atoms with Crippen molar-refractivity contribution < 1.29 is 22.7 Å². The number of nitrogens with zero attached hydrogens (tertiary/aromatic N) is 3. The van der Waals surface area contributed by atoms with E-state index in [1.807, 2.05) is 69.5 Å². The lowest BCUT2D eigenvalue weighted by molar-refractivity contribution is -0.152. The molecule has 2 aromatic heterocycles. The van der Waals surface area contributed by atoms with Gasteiger partial charge in [-0.25, -0.2) is 9.97 Å². The molecule has 3 aromatic rings. The van der Waals surface area contributed by atoms with Crippen molar-refractivity contribution in [2.45, 2.75) is 100 Å². The van der Waals surface area contributed by atoms with E-state index in [1.165, 1.54) is 26.9 Å². The van der Waals surface area contributed by atoms with Gasteiger partial charge in [-0.05, 0) is 77.0 Å². The summed E-state index contributed by atoms with van der Waals surface area (Å²) in [6, 6.07) is 11.9. The minimum Gasteiger partial charge on any atom is -0.473 e. The van der Waals surface area contributed by atoms with Gasteiger partial charge in [-0.3, -0.25) is 4.79 Å². The number of hydrogen-bond donors (Lipinski definition) is 1. The zero-order valence-corrected chi connectivity index (χ0v) is 26.5. The monoisotopic (exact) mass is 624 g/mol. The zero-order valence-electron chi connectivity index (χ0n) is 24.9. The number of esters is 1. The molecule has 0 amide bonds. The number of hydrogen-bond acceptors (Lipinski definition) is 8. The summed E-state index contributed by atoms with van der Waals surface area (Å²) in [5, 5.41) is 2.03. The molecule has 0 atom stereocenters. The molecule has 0 bridgehead atoms. The highest BCUT2D eigenvalue weighted by Crippen LogP contribution is 2.32. The number of nitrogens with one attached hydrogen (secondary N) is 1. The first-order valence-corrected chi connectivity index (χ1v) is 16.0. The van der Waals surface area contributed by atoms with Crippen LogP contribution in [0, 0.1) is 5.92 Å². The van der Waals surface area contributed by atoms with Gasteiger partial charge in [0.25, 0.3) is 10.2 Å². The molecule has 0 saturated heterocycles. The van der Waals surface area contributed by atoms with Crippen LogP contribution in [0.3, 0.4) is 0 Å². The van der Waals surface area contributed by atoms with Crippen molar-refractivity contribution in [3.05, 3.63) is 41.8 Å². The fourth-order valence-corrected chi connectivity index (χ4v) is 5.08. The Hall–Kier alpha value is -2.60. The maximum absolute atomic E-state index is 11.1. The number of carbonyl (C=O) groups excluding carboxylic acids is 1. The van der Waals surface area contributed by atoms with Gasteiger partial charge in [-0.2, -0.15) is 17.4 Å². The van der Waals surface area contributed by atoms with Crippen molar-refractivity contribution in [2.75, 3.05) is 14.1 Å². The third kappa shape index (κ3) is 13.1. The third-order valence-corrected chi connectivity index (χ3v) is 8.17. The minimum atomic E-state index is -3.21. The quantitative estimate of drug-likeness (QED) is 0.261. The second-order valence-corrected chi connectivity index (χ2v) is 13.4. The van der Waals surface area contributed by atoms with Crippen molar-refractivity contribution in [1.82, 2.24) is 19.0 Å². The van der Waals surface area contributed by atoms with E-state index in [1.54, 1.807) is 25.2 Å². The molecule has 9 nitrogen and oxygen atoms in total. The molecule has 2 heterocycles. The largest absolute Gasteiger partial charge is 0.473 e. The van der Waals surface area contributed by atoms with Crippen LogP contribution in [0.1, 0.15) is 82.1 Å². The van der Waals surface area contributed by atoms with Crippen molar-refractivity contribution in [3.8, 4) is 16.5 Å². The third-order valence-electron chi connectivity index (χ3n) is 5.56. The standard InChI is InChI=1S/C15H14N2OS.C9H16O2.C5H14N2O2S.2CH4/c1-10(2)18-15-14(13-8-5-9-19-13)16-11-6-3-4-7-12(11)17-15;1-7(2)9(10)11-8-5-3-4-6-8;1-5(2)6-10(8,9)7(3)4;;/h3-10H,1-2H3;7-8H,3-6H2,1-2H3;5-6H,1-4H3;2*1H4. The Balaban J connectivity index is 0.000000635. The van der Waals surface area contributed by atoms with E-state index in [9.17, 15) is 13.2 Å². The summed E-state index contributed by atoms with van der Waals surface area (Å²) in [5.41, 5.74) is 2.57. The Morgan fingerprint density at radius 2 is 1.52 bits per heavy atom. The van der Waals surface area contributed by atoms with Gasteiger partial charge in [0, 0.05) is 20.1 Å². The van der Waals surface area contributed by atoms with Gasteiger partial charge in [-0.15, -0.1) is 11.3 Å². The van der Waals surface area contributed by atoms with Crippen molar-refractivity contribution in [1.29, 1.82) is 0 Å². The van der Waals surface area contributed by atoms with Crippen LogP contribution in [-0.4, -0.2) is 61.0 Å². The molecule has 1 saturated carbocycles. The van der Waals surface area contributed by atoms with E-state index < -0.39 is 10.2 Å². The van der Waals surface area contributed by atoms with E-state index in [2.05, 4.69) is 9.71 Å². The molecule has 11 heteroatoms. The fourth-order valence-electron chi connectivity index (χ4n) is 3.57. The lowest BCUT2D eigenvalue weighted by Crippen LogP contribution is -2.39. The summed E-state index contributed by atoms with van der Waals surface area (Å²) >= 11 is 1.64. The van der Waals surface area contributed by atoms with Crippen LogP contribution in [0.2, 0.25) is 0 Å². The molecule has 238 valence electrons. The summed E-state index contributed by atoms with van der Waals surface area (Å²) in [4.78, 5) is 21.4. The topological polar surface area (TPSA) is 111 Å². The molecule has 1 aliphatic rings. The average Bonchev–Trinajstić information content (AvgIpc) is 3.58. The smallest absolute Gasteiger partial charge is 0.308 e. The summed E-state index contributed by atoms with van der Waals surface area (Å²) < 4.78 is 36.5. The Bertz CT molecular complexity index is 1290.